The number of rotatable bonds is 4. The zero-order valence-corrected chi connectivity index (χ0v) is 9.63. The number of likely N-dealkylation sites (N-methyl/N-ethyl adjacent to an activating group) is 1. The Morgan fingerprint density at radius 1 is 1.31 bits per heavy atom. The van der Waals surface area contributed by atoms with Gasteiger partial charge < -0.3 is 10.6 Å². The molecule has 0 aliphatic carbocycles. The Morgan fingerprint density at radius 3 is 2.56 bits per heavy atom. The quantitative estimate of drug-likeness (QED) is 0.791. The molecule has 0 spiro atoms. The van der Waals surface area contributed by atoms with Crippen molar-refractivity contribution in [1.82, 2.24) is 9.80 Å². The van der Waals surface area contributed by atoms with Gasteiger partial charge in [0.1, 0.15) is 0 Å². The second-order valence-electron chi connectivity index (χ2n) is 4.41. The molecule has 0 saturated carbocycles. The van der Waals surface area contributed by atoms with Gasteiger partial charge in [0, 0.05) is 38.6 Å². The Morgan fingerprint density at radius 2 is 2.00 bits per heavy atom. The zero-order valence-electron chi connectivity index (χ0n) is 9.63. The Labute approximate surface area is 94.4 Å². The summed E-state index contributed by atoms with van der Waals surface area (Å²) in [6.45, 7) is 3.58. The average Bonchev–Trinajstić information content (AvgIpc) is 2.18. The van der Waals surface area contributed by atoms with Gasteiger partial charge in [-0.15, -0.1) is 0 Å². The molecule has 0 amide bonds. The molecule has 1 aliphatic rings. The summed E-state index contributed by atoms with van der Waals surface area (Å²) in [7, 11) is 2.01. The van der Waals surface area contributed by atoms with E-state index < -0.39 is 12.6 Å². The maximum atomic E-state index is 12.0. The van der Waals surface area contributed by atoms with Crippen molar-refractivity contribution in [2.75, 3.05) is 39.8 Å². The van der Waals surface area contributed by atoms with E-state index in [9.17, 15) is 13.2 Å². The van der Waals surface area contributed by atoms with E-state index in [1.165, 1.54) is 0 Å². The van der Waals surface area contributed by atoms with E-state index in [1.54, 1.807) is 0 Å². The summed E-state index contributed by atoms with van der Waals surface area (Å²) in [5, 5.41) is 0. The van der Waals surface area contributed by atoms with E-state index in [4.69, 9.17) is 5.73 Å². The van der Waals surface area contributed by atoms with Gasteiger partial charge in [-0.1, -0.05) is 0 Å². The van der Waals surface area contributed by atoms with Crippen molar-refractivity contribution in [3.8, 4) is 0 Å². The molecule has 0 bridgehead atoms. The highest BCUT2D eigenvalue weighted by atomic mass is 19.4. The van der Waals surface area contributed by atoms with Crippen LogP contribution in [0.5, 0.6) is 0 Å². The number of halogens is 3. The molecule has 1 heterocycles. The standard InChI is InChI=1S/C10H20F3N3/c1-15-5-6-16(9(7-14)8-15)4-2-3-10(11,12)13/h9H,2-8,14H2,1H3. The van der Waals surface area contributed by atoms with Crippen molar-refractivity contribution >= 4 is 0 Å². The van der Waals surface area contributed by atoms with Crippen molar-refractivity contribution in [2.24, 2.45) is 5.73 Å². The van der Waals surface area contributed by atoms with Crippen molar-refractivity contribution in [3.63, 3.8) is 0 Å². The van der Waals surface area contributed by atoms with Crippen LogP contribution in [0.1, 0.15) is 12.8 Å². The minimum atomic E-state index is -4.04. The highest BCUT2D eigenvalue weighted by Crippen LogP contribution is 2.22. The van der Waals surface area contributed by atoms with Crippen LogP contribution in [0.15, 0.2) is 0 Å². The normalized spacial score (nSPS) is 24.9. The summed E-state index contributed by atoms with van der Waals surface area (Å²) in [6, 6.07) is 0.201. The Balaban J connectivity index is 2.29. The minimum Gasteiger partial charge on any atom is -0.329 e. The Kier molecular flexibility index (Phi) is 5.01. The molecule has 0 radical (unpaired) electrons. The number of nitrogens with two attached hydrogens (primary N) is 1. The molecule has 1 rings (SSSR count). The first-order chi connectivity index (χ1) is 7.42. The molecule has 1 saturated heterocycles. The Bertz CT molecular complexity index is 208. The fraction of sp³-hybridized carbons (Fsp3) is 1.00. The topological polar surface area (TPSA) is 32.5 Å². The summed E-state index contributed by atoms with van der Waals surface area (Å²) in [5.41, 5.74) is 5.62. The molecule has 1 aliphatic heterocycles. The molecule has 1 atom stereocenters. The molecule has 96 valence electrons. The molecular weight excluding hydrogens is 219 g/mol. The first-order valence-corrected chi connectivity index (χ1v) is 5.62. The number of hydrogen-bond donors (Lipinski definition) is 1. The molecule has 1 fully saturated rings. The maximum Gasteiger partial charge on any atom is 0.389 e. The van der Waals surface area contributed by atoms with Gasteiger partial charge in [-0.05, 0) is 20.0 Å². The number of alkyl halides is 3. The van der Waals surface area contributed by atoms with Crippen LogP contribution in [0.4, 0.5) is 13.2 Å². The van der Waals surface area contributed by atoms with E-state index in [-0.39, 0.29) is 12.5 Å². The second-order valence-corrected chi connectivity index (χ2v) is 4.41. The van der Waals surface area contributed by atoms with Crippen molar-refractivity contribution in [1.29, 1.82) is 0 Å². The zero-order chi connectivity index (χ0) is 12.2. The minimum absolute atomic E-state index is 0.170. The van der Waals surface area contributed by atoms with E-state index >= 15 is 0 Å². The lowest BCUT2D eigenvalue weighted by Gasteiger charge is -2.39. The largest absolute Gasteiger partial charge is 0.389 e. The third kappa shape index (κ3) is 4.67. The van der Waals surface area contributed by atoms with Crippen LogP contribution in [-0.4, -0.2) is 61.8 Å². The lowest BCUT2D eigenvalue weighted by atomic mass is 10.1. The van der Waals surface area contributed by atoms with E-state index in [0.29, 0.717) is 13.1 Å². The molecule has 0 aromatic heterocycles. The van der Waals surface area contributed by atoms with Gasteiger partial charge in [0.05, 0.1) is 0 Å². The summed E-state index contributed by atoms with van der Waals surface area (Å²) in [6.07, 6.45) is -4.56. The summed E-state index contributed by atoms with van der Waals surface area (Å²) >= 11 is 0. The molecule has 1 unspecified atom stereocenters. The van der Waals surface area contributed by atoms with Crippen LogP contribution in [0.25, 0.3) is 0 Å². The number of nitrogens with zero attached hydrogens (tertiary/aromatic N) is 2. The summed E-state index contributed by atoms with van der Waals surface area (Å²) in [4.78, 5) is 4.24. The van der Waals surface area contributed by atoms with Crippen LogP contribution in [-0.2, 0) is 0 Å². The summed E-state index contributed by atoms with van der Waals surface area (Å²) in [5.74, 6) is 0. The Hall–Kier alpha value is -0.330. The molecule has 2 N–H and O–H groups in total. The predicted octanol–water partition coefficient (Wildman–Crippen LogP) is 0.904. The fourth-order valence-electron chi connectivity index (χ4n) is 2.05. The summed E-state index contributed by atoms with van der Waals surface area (Å²) < 4.78 is 36.0. The van der Waals surface area contributed by atoms with Crippen LogP contribution in [0, 0.1) is 0 Å². The third-order valence-corrected chi connectivity index (χ3v) is 2.99. The maximum absolute atomic E-state index is 12.0. The molecule has 0 aromatic carbocycles. The third-order valence-electron chi connectivity index (χ3n) is 2.99. The molecule has 3 nitrogen and oxygen atoms in total. The van der Waals surface area contributed by atoms with Crippen LogP contribution >= 0.6 is 0 Å². The number of hydrogen-bond acceptors (Lipinski definition) is 3. The van der Waals surface area contributed by atoms with Crippen LogP contribution < -0.4 is 5.73 Å². The van der Waals surface area contributed by atoms with Crippen LogP contribution in [0.2, 0.25) is 0 Å². The molecule has 6 heteroatoms. The van der Waals surface area contributed by atoms with Crippen molar-refractivity contribution in [2.45, 2.75) is 25.1 Å². The van der Waals surface area contributed by atoms with Crippen LogP contribution in [0.3, 0.4) is 0 Å². The highest BCUT2D eigenvalue weighted by molar-refractivity contribution is 4.81. The van der Waals surface area contributed by atoms with Gasteiger partial charge in [-0.2, -0.15) is 13.2 Å². The number of piperazine rings is 1. The predicted molar refractivity (Wildman–Crippen MR) is 57.2 cm³/mol. The lowest BCUT2D eigenvalue weighted by molar-refractivity contribution is -0.136. The van der Waals surface area contributed by atoms with Gasteiger partial charge in [0.25, 0.3) is 0 Å². The van der Waals surface area contributed by atoms with Gasteiger partial charge >= 0.3 is 6.18 Å². The van der Waals surface area contributed by atoms with E-state index in [0.717, 1.165) is 19.6 Å². The van der Waals surface area contributed by atoms with Gasteiger partial charge in [-0.3, -0.25) is 4.90 Å². The van der Waals surface area contributed by atoms with Gasteiger partial charge in [-0.25, -0.2) is 0 Å². The lowest BCUT2D eigenvalue weighted by Crippen LogP contribution is -2.54. The van der Waals surface area contributed by atoms with Crippen molar-refractivity contribution < 1.29 is 13.2 Å². The van der Waals surface area contributed by atoms with Crippen molar-refractivity contribution in [3.05, 3.63) is 0 Å². The molecular formula is C10H20F3N3. The fourth-order valence-corrected chi connectivity index (χ4v) is 2.05. The second kappa shape index (κ2) is 5.84. The molecule has 16 heavy (non-hydrogen) atoms. The first-order valence-electron chi connectivity index (χ1n) is 5.62. The van der Waals surface area contributed by atoms with Gasteiger partial charge in [0.15, 0.2) is 0 Å². The van der Waals surface area contributed by atoms with E-state index in [2.05, 4.69) is 9.80 Å². The van der Waals surface area contributed by atoms with Gasteiger partial charge in [0.2, 0.25) is 0 Å². The highest BCUT2D eigenvalue weighted by Gasteiger charge is 2.28. The first kappa shape index (κ1) is 13.7. The molecule has 0 aromatic rings. The van der Waals surface area contributed by atoms with E-state index in [1.807, 2.05) is 7.05 Å². The SMILES string of the molecule is CN1CCN(CCCC(F)(F)F)C(CN)C1. The smallest absolute Gasteiger partial charge is 0.329 e. The average molecular weight is 239 g/mol. The monoisotopic (exact) mass is 239 g/mol.